The molecule has 1 aromatic carbocycles. The summed E-state index contributed by atoms with van der Waals surface area (Å²) in [7, 11) is 0. The van der Waals surface area contributed by atoms with Gasteiger partial charge in [0.05, 0.1) is 5.39 Å². The zero-order valence-electron chi connectivity index (χ0n) is 9.61. The van der Waals surface area contributed by atoms with Crippen LogP contribution in [0.5, 0.6) is 0 Å². The van der Waals surface area contributed by atoms with Gasteiger partial charge in [0.2, 0.25) is 0 Å². The summed E-state index contributed by atoms with van der Waals surface area (Å²) < 4.78 is 0. The Labute approximate surface area is 106 Å². The van der Waals surface area contributed by atoms with E-state index in [1.165, 1.54) is 11.3 Å². The first kappa shape index (κ1) is 11.0. The van der Waals surface area contributed by atoms with Crippen LogP contribution in [0.3, 0.4) is 0 Å². The number of aromatic amines is 2. The molecule has 5 heteroatoms. The molecule has 0 aliphatic heterocycles. The molecule has 18 heavy (non-hydrogen) atoms. The van der Waals surface area contributed by atoms with Crippen molar-refractivity contribution in [3.8, 4) is 11.1 Å². The van der Waals surface area contributed by atoms with Gasteiger partial charge in [-0.15, -0.1) is 11.3 Å². The largest absolute Gasteiger partial charge is 0.326 e. The Hall–Kier alpha value is -2.14. The molecule has 0 unspecified atom stereocenters. The summed E-state index contributed by atoms with van der Waals surface area (Å²) in [5.74, 6) is 0. The standard InChI is InChI=1S/C13H10N2O2S/c1-7-9(8-5-3-2-4-6-8)10-11(16)14-13(17)15-12(10)18-7/h2-6H,1H3,(H2,14,15,16,17). The Kier molecular flexibility index (Phi) is 2.41. The summed E-state index contributed by atoms with van der Waals surface area (Å²) in [5, 5.41) is 0.559. The summed E-state index contributed by atoms with van der Waals surface area (Å²) in [5.41, 5.74) is 1.08. The van der Waals surface area contributed by atoms with Crippen LogP contribution >= 0.6 is 11.3 Å². The van der Waals surface area contributed by atoms with Gasteiger partial charge in [-0.1, -0.05) is 30.3 Å². The Morgan fingerprint density at radius 3 is 2.50 bits per heavy atom. The van der Waals surface area contributed by atoms with E-state index in [0.29, 0.717) is 10.2 Å². The summed E-state index contributed by atoms with van der Waals surface area (Å²) >= 11 is 1.43. The zero-order valence-corrected chi connectivity index (χ0v) is 10.4. The Morgan fingerprint density at radius 2 is 1.78 bits per heavy atom. The van der Waals surface area contributed by atoms with E-state index in [4.69, 9.17) is 0 Å². The van der Waals surface area contributed by atoms with Crippen LogP contribution in [-0.2, 0) is 0 Å². The molecular weight excluding hydrogens is 248 g/mol. The van der Waals surface area contributed by atoms with E-state index in [2.05, 4.69) is 9.97 Å². The van der Waals surface area contributed by atoms with Gasteiger partial charge < -0.3 is 0 Å². The maximum absolute atomic E-state index is 11.9. The molecule has 0 spiro atoms. The highest BCUT2D eigenvalue weighted by molar-refractivity contribution is 7.19. The molecule has 0 amide bonds. The topological polar surface area (TPSA) is 65.7 Å². The molecule has 3 aromatic rings. The van der Waals surface area contributed by atoms with Crippen LogP contribution in [0.1, 0.15) is 4.88 Å². The lowest BCUT2D eigenvalue weighted by atomic mass is 10.0. The molecule has 2 heterocycles. The molecule has 0 atom stereocenters. The summed E-state index contributed by atoms with van der Waals surface area (Å²) in [6, 6.07) is 9.70. The van der Waals surface area contributed by atoms with Gasteiger partial charge in [0, 0.05) is 10.4 Å². The van der Waals surface area contributed by atoms with Crippen molar-refractivity contribution in [3.63, 3.8) is 0 Å². The van der Waals surface area contributed by atoms with E-state index in [-0.39, 0.29) is 5.56 Å². The minimum absolute atomic E-state index is 0.336. The predicted octanol–water partition coefficient (Wildman–Crippen LogP) is 2.25. The number of hydrogen-bond acceptors (Lipinski definition) is 3. The number of aromatic nitrogens is 2. The van der Waals surface area contributed by atoms with E-state index in [1.54, 1.807) is 0 Å². The van der Waals surface area contributed by atoms with Gasteiger partial charge in [-0.3, -0.25) is 14.8 Å². The minimum atomic E-state index is -0.464. The zero-order chi connectivity index (χ0) is 12.7. The molecule has 0 aliphatic carbocycles. The Bertz CT molecular complexity index is 828. The monoisotopic (exact) mass is 258 g/mol. The molecule has 0 radical (unpaired) electrons. The van der Waals surface area contributed by atoms with Gasteiger partial charge in [-0.25, -0.2) is 4.79 Å². The lowest BCUT2D eigenvalue weighted by Gasteiger charge is -2.00. The van der Waals surface area contributed by atoms with Crippen molar-refractivity contribution in [2.24, 2.45) is 0 Å². The van der Waals surface area contributed by atoms with Gasteiger partial charge in [-0.05, 0) is 12.5 Å². The average molecular weight is 258 g/mol. The van der Waals surface area contributed by atoms with E-state index >= 15 is 0 Å². The van der Waals surface area contributed by atoms with E-state index < -0.39 is 5.69 Å². The fourth-order valence-corrected chi connectivity index (χ4v) is 3.17. The maximum Gasteiger partial charge on any atom is 0.326 e. The number of thiophene rings is 1. The lowest BCUT2D eigenvalue weighted by Crippen LogP contribution is -2.21. The van der Waals surface area contributed by atoms with Crippen molar-refractivity contribution in [2.75, 3.05) is 0 Å². The van der Waals surface area contributed by atoms with E-state index in [0.717, 1.165) is 16.0 Å². The van der Waals surface area contributed by atoms with Crippen LogP contribution in [0.15, 0.2) is 39.9 Å². The second-order valence-electron chi connectivity index (χ2n) is 4.01. The van der Waals surface area contributed by atoms with Crippen molar-refractivity contribution < 1.29 is 0 Å². The normalized spacial score (nSPS) is 10.9. The highest BCUT2D eigenvalue weighted by Gasteiger charge is 2.14. The fourth-order valence-electron chi connectivity index (χ4n) is 2.10. The van der Waals surface area contributed by atoms with Crippen LogP contribution in [0, 0.1) is 6.92 Å². The Morgan fingerprint density at radius 1 is 1.06 bits per heavy atom. The molecule has 2 N–H and O–H groups in total. The number of fused-ring (bicyclic) bond motifs is 1. The first-order valence-corrected chi connectivity index (χ1v) is 6.29. The van der Waals surface area contributed by atoms with Crippen LogP contribution in [0.2, 0.25) is 0 Å². The highest BCUT2D eigenvalue weighted by Crippen LogP contribution is 2.34. The predicted molar refractivity (Wildman–Crippen MR) is 73.2 cm³/mol. The quantitative estimate of drug-likeness (QED) is 0.703. The molecule has 0 fully saturated rings. The van der Waals surface area contributed by atoms with Crippen LogP contribution < -0.4 is 11.2 Å². The highest BCUT2D eigenvalue weighted by atomic mass is 32.1. The van der Waals surface area contributed by atoms with Gasteiger partial charge >= 0.3 is 5.69 Å². The number of nitrogens with one attached hydrogen (secondary N) is 2. The summed E-state index contributed by atoms with van der Waals surface area (Å²) in [6.45, 7) is 1.95. The molecule has 90 valence electrons. The number of H-pyrrole nitrogens is 2. The summed E-state index contributed by atoms with van der Waals surface area (Å²) in [6.07, 6.45) is 0. The first-order valence-electron chi connectivity index (χ1n) is 5.48. The smallest absolute Gasteiger partial charge is 0.298 e. The molecule has 0 aliphatic rings. The molecule has 0 saturated heterocycles. The first-order chi connectivity index (χ1) is 8.66. The number of aryl methyl sites for hydroxylation is 1. The Balaban J connectivity index is 2.47. The maximum atomic E-state index is 11.9. The number of benzene rings is 1. The molecular formula is C13H10N2O2S. The van der Waals surface area contributed by atoms with Crippen molar-refractivity contribution >= 4 is 21.6 Å². The molecule has 0 bridgehead atoms. The minimum Gasteiger partial charge on any atom is -0.298 e. The molecule has 4 nitrogen and oxygen atoms in total. The molecule has 3 rings (SSSR count). The van der Waals surface area contributed by atoms with Crippen molar-refractivity contribution in [1.29, 1.82) is 0 Å². The van der Waals surface area contributed by atoms with Crippen molar-refractivity contribution in [3.05, 3.63) is 56.0 Å². The molecule has 2 aromatic heterocycles. The number of hydrogen-bond donors (Lipinski definition) is 2. The average Bonchev–Trinajstić information content (AvgIpc) is 2.66. The van der Waals surface area contributed by atoms with Crippen LogP contribution in [0.25, 0.3) is 21.3 Å². The SMILES string of the molecule is Cc1sc2[nH]c(=O)[nH]c(=O)c2c1-c1ccccc1. The third-order valence-electron chi connectivity index (χ3n) is 2.83. The summed E-state index contributed by atoms with van der Waals surface area (Å²) in [4.78, 5) is 29.8. The van der Waals surface area contributed by atoms with Crippen LogP contribution in [-0.4, -0.2) is 9.97 Å². The van der Waals surface area contributed by atoms with Gasteiger partial charge in [0.25, 0.3) is 5.56 Å². The van der Waals surface area contributed by atoms with Crippen molar-refractivity contribution in [2.45, 2.75) is 6.92 Å². The van der Waals surface area contributed by atoms with Gasteiger partial charge in [0.15, 0.2) is 0 Å². The van der Waals surface area contributed by atoms with Gasteiger partial charge in [0.1, 0.15) is 4.83 Å². The van der Waals surface area contributed by atoms with E-state index in [1.807, 2.05) is 37.3 Å². The van der Waals surface area contributed by atoms with Gasteiger partial charge in [-0.2, -0.15) is 0 Å². The second kappa shape index (κ2) is 3.96. The fraction of sp³-hybridized carbons (Fsp3) is 0.0769. The second-order valence-corrected chi connectivity index (χ2v) is 5.24. The molecule has 0 saturated carbocycles. The van der Waals surface area contributed by atoms with Crippen LogP contribution in [0.4, 0.5) is 0 Å². The van der Waals surface area contributed by atoms with Crippen molar-refractivity contribution in [1.82, 2.24) is 9.97 Å². The third-order valence-corrected chi connectivity index (χ3v) is 3.85. The third kappa shape index (κ3) is 1.60. The van der Waals surface area contributed by atoms with E-state index in [9.17, 15) is 9.59 Å². The lowest BCUT2D eigenvalue weighted by molar-refractivity contribution is 1.09. The number of rotatable bonds is 1.